The fraction of sp³-hybridized carbons (Fsp3) is 0.125. The molecule has 2 heterocycles. The van der Waals surface area contributed by atoms with Crippen molar-refractivity contribution in [3.8, 4) is 11.5 Å². The minimum atomic E-state index is -0.654. The third-order valence-electron chi connectivity index (χ3n) is 4.66. The Morgan fingerprint density at radius 1 is 1.06 bits per heavy atom. The number of aryl methyl sites for hydroxylation is 1. The molecule has 10 heteroatoms. The number of amides is 1. The summed E-state index contributed by atoms with van der Waals surface area (Å²) in [7, 11) is 1.23. The van der Waals surface area contributed by atoms with Gasteiger partial charge in [0.25, 0.3) is 5.56 Å². The fourth-order valence-corrected chi connectivity index (χ4v) is 3.84. The van der Waals surface area contributed by atoms with Gasteiger partial charge in [0, 0.05) is 5.69 Å². The van der Waals surface area contributed by atoms with Crippen LogP contribution in [0.25, 0.3) is 11.0 Å². The van der Waals surface area contributed by atoms with Crippen LogP contribution in [0.2, 0.25) is 0 Å². The average molecular weight is 477 g/mol. The van der Waals surface area contributed by atoms with Crippen LogP contribution in [0.1, 0.15) is 16.1 Å². The molecule has 0 unspecified atom stereocenters. The summed E-state index contributed by atoms with van der Waals surface area (Å²) >= 11 is 1.04. The van der Waals surface area contributed by atoms with Crippen LogP contribution < -0.4 is 15.6 Å². The summed E-state index contributed by atoms with van der Waals surface area (Å²) in [5.74, 6) is 0.150. The number of methoxy groups -OCH3 is 1. The smallest absolute Gasteiger partial charge is 0.338 e. The molecule has 4 rings (SSSR count). The SMILES string of the molecule is COC(=O)c1cc(C)nc2nc(SCC(=O)Nc3ccccc3Oc3ccccc3)[nH]c(=O)c12. The number of benzene rings is 2. The molecule has 2 N–H and O–H groups in total. The number of para-hydroxylation sites is 3. The van der Waals surface area contributed by atoms with Gasteiger partial charge in [-0.05, 0) is 37.3 Å². The van der Waals surface area contributed by atoms with E-state index in [-0.39, 0.29) is 33.4 Å². The van der Waals surface area contributed by atoms with Gasteiger partial charge in [0.05, 0.1) is 29.5 Å². The lowest BCUT2D eigenvalue weighted by molar-refractivity contribution is -0.113. The molecule has 172 valence electrons. The van der Waals surface area contributed by atoms with E-state index in [4.69, 9.17) is 9.47 Å². The van der Waals surface area contributed by atoms with Crippen LogP contribution in [0.15, 0.2) is 70.6 Å². The van der Waals surface area contributed by atoms with Crippen LogP contribution in [-0.2, 0) is 9.53 Å². The maximum absolute atomic E-state index is 12.6. The Hall–Kier alpha value is -4.18. The van der Waals surface area contributed by atoms with Crippen LogP contribution in [0.4, 0.5) is 5.69 Å². The van der Waals surface area contributed by atoms with Crippen molar-refractivity contribution < 1.29 is 19.1 Å². The largest absolute Gasteiger partial charge is 0.465 e. The highest BCUT2D eigenvalue weighted by Gasteiger charge is 2.18. The van der Waals surface area contributed by atoms with Gasteiger partial charge >= 0.3 is 5.97 Å². The van der Waals surface area contributed by atoms with E-state index in [9.17, 15) is 14.4 Å². The average Bonchev–Trinajstić information content (AvgIpc) is 2.83. The fourth-order valence-electron chi connectivity index (χ4n) is 3.18. The predicted molar refractivity (Wildman–Crippen MR) is 129 cm³/mol. The van der Waals surface area contributed by atoms with E-state index in [0.29, 0.717) is 22.9 Å². The number of hydrogen-bond acceptors (Lipinski definition) is 8. The maximum atomic E-state index is 12.6. The maximum Gasteiger partial charge on any atom is 0.338 e. The number of hydrogen-bond donors (Lipinski definition) is 2. The van der Waals surface area contributed by atoms with Crippen molar-refractivity contribution >= 4 is 40.4 Å². The number of nitrogens with zero attached hydrogens (tertiary/aromatic N) is 2. The van der Waals surface area contributed by atoms with Gasteiger partial charge in [0.15, 0.2) is 16.6 Å². The van der Waals surface area contributed by atoms with Crippen molar-refractivity contribution in [2.45, 2.75) is 12.1 Å². The van der Waals surface area contributed by atoms with Crippen LogP contribution in [-0.4, -0.2) is 39.7 Å². The van der Waals surface area contributed by atoms with Gasteiger partial charge in [-0.25, -0.2) is 14.8 Å². The third-order valence-corrected chi connectivity index (χ3v) is 5.53. The number of anilines is 1. The summed E-state index contributed by atoms with van der Waals surface area (Å²) in [6, 6.07) is 17.8. The zero-order valence-corrected chi connectivity index (χ0v) is 19.1. The van der Waals surface area contributed by atoms with Crippen molar-refractivity contribution in [3.63, 3.8) is 0 Å². The lowest BCUT2D eigenvalue weighted by atomic mass is 10.1. The topological polar surface area (TPSA) is 123 Å². The van der Waals surface area contributed by atoms with E-state index >= 15 is 0 Å². The van der Waals surface area contributed by atoms with Crippen molar-refractivity contribution in [2.75, 3.05) is 18.2 Å². The third kappa shape index (κ3) is 5.24. The van der Waals surface area contributed by atoms with E-state index < -0.39 is 11.5 Å². The van der Waals surface area contributed by atoms with E-state index in [0.717, 1.165) is 11.8 Å². The number of rotatable bonds is 7. The summed E-state index contributed by atoms with van der Waals surface area (Å²) in [4.78, 5) is 48.4. The van der Waals surface area contributed by atoms with Crippen molar-refractivity contribution in [2.24, 2.45) is 0 Å². The number of pyridine rings is 1. The zero-order valence-electron chi connectivity index (χ0n) is 18.3. The molecular weight excluding hydrogens is 456 g/mol. The number of aromatic nitrogens is 3. The number of carbonyl (C=O) groups is 2. The van der Waals surface area contributed by atoms with E-state index in [1.807, 2.05) is 36.4 Å². The number of ether oxygens (including phenoxy) is 2. The van der Waals surface area contributed by atoms with Crippen LogP contribution in [0, 0.1) is 6.92 Å². The number of H-pyrrole nitrogens is 1. The molecule has 0 atom stereocenters. The molecule has 0 spiro atoms. The van der Waals surface area contributed by atoms with Gasteiger partial charge in [-0.15, -0.1) is 0 Å². The highest BCUT2D eigenvalue weighted by molar-refractivity contribution is 7.99. The van der Waals surface area contributed by atoms with Gasteiger partial charge in [-0.1, -0.05) is 42.1 Å². The predicted octanol–water partition coefficient (Wildman–Crippen LogP) is 3.94. The highest BCUT2D eigenvalue weighted by atomic mass is 32.2. The Balaban J connectivity index is 1.49. The second kappa shape index (κ2) is 10.2. The Morgan fingerprint density at radius 2 is 1.79 bits per heavy atom. The van der Waals surface area contributed by atoms with Gasteiger partial charge in [0.1, 0.15) is 5.75 Å². The molecule has 34 heavy (non-hydrogen) atoms. The van der Waals surface area contributed by atoms with Crippen molar-refractivity contribution in [1.82, 2.24) is 15.0 Å². The van der Waals surface area contributed by atoms with Gasteiger partial charge in [-0.2, -0.15) is 0 Å². The van der Waals surface area contributed by atoms with Gasteiger partial charge in [0.2, 0.25) is 5.91 Å². The molecular formula is C24H20N4O5S. The summed E-state index contributed by atoms with van der Waals surface area (Å²) < 4.78 is 10.6. The molecule has 0 saturated heterocycles. The number of aromatic amines is 1. The van der Waals surface area contributed by atoms with Gasteiger partial charge < -0.3 is 19.8 Å². The first-order chi connectivity index (χ1) is 16.4. The van der Waals surface area contributed by atoms with Crippen LogP contribution >= 0.6 is 11.8 Å². The molecule has 4 aromatic rings. The second-order valence-corrected chi connectivity index (χ2v) is 8.08. The first-order valence-corrected chi connectivity index (χ1v) is 11.2. The number of esters is 1. The molecule has 0 aliphatic heterocycles. The molecule has 0 radical (unpaired) electrons. The number of thioether (sulfide) groups is 1. The summed E-state index contributed by atoms with van der Waals surface area (Å²) in [6.07, 6.45) is 0. The number of fused-ring (bicyclic) bond motifs is 1. The van der Waals surface area contributed by atoms with Crippen molar-refractivity contribution in [3.05, 3.63) is 82.3 Å². The Labute approximate surface area is 198 Å². The highest BCUT2D eigenvalue weighted by Crippen LogP contribution is 2.29. The Bertz CT molecular complexity index is 1420. The first-order valence-electron chi connectivity index (χ1n) is 10.2. The quantitative estimate of drug-likeness (QED) is 0.234. The van der Waals surface area contributed by atoms with E-state index in [2.05, 4.69) is 20.3 Å². The lowest BCUT2D eigenvalue weighted by Gasteiger charge is -2.12. The molecule has 0 aliphatic rings. The molecule has 2 aromatic heterocycles. The Kier molecular flexibility index (Phi) is 6.88. The number of carbonyl (C=O) groups excluding carboxylic acids is 2. The number of nitrogens with one attached hydrogen (secondary N) is 2. The van der Waals surface area contributed by atoms with Crippen molar-refractivity contribution in [1.29, 1.82) is 0 Å². The lowest BCUT2D eigenvalue weighted by Crippen LogP contribution is -2.18. The molecule has 0 aliphatic carbocycles. The molecule has 2 aromatic carbocycles. The molecule has 1 amide bonds. The normalized spacial score (nSPS) is 10.6. The second-order valence-electron chi connectivity index (χ2n) is 7.12. The van der Waals surface area contributed by atoms with Gasteiger partial charge in [-0.3, -0.25) is 9.59 Å². The Morgan fingerprint density at radius 3 is 2.56 bits per heavy atom. The molecule has 0 fully saturated rings. The zero-order chi connectivity index (χ0) is 24.1. The summed E-state index contributed by atoms with van der Waals surface area (Å²) in [6.45, 7) is 1.68. The van der Waals surface area contributed by atoms with Crippen LogP contribution in [0.3, 0.4) is 0 Å². The minimum Gasteiger partial charge on any atom is -0.465 e. The molecule has 9 nitrogen and oxygen atoms in total. The first kappa shape index (κ1) is 23.0. The monoisotopic (exact) mass is 476 g/mol. The standard InChI is InChI=1S/C24H20N4O5S/c1-14-12-16(23(31)32-2)20-21(25-14)27-24(28-22(20)30)34-13-19(29)26-17-10-6-7-11-18(17)33-15-8-4-3-5-9-15/h3-12H,13H2,1-2H3,(H,26,29)(H,25,27,28,30). The summed E-state index contributed by atoms with van der Waals surface area (Å²) in [5, 5.41) is 3.06. The molecule has 0 bridgehead atoms. The van der Waals surface area contributed by atoms with E-state index in [1.54, 1.807) is 25.1 Å². The minimum absolute atomic E-state index is 0.0240. The van der Waals surface area contributed by atoms with Crippen LogP contribution in [0.5, 0.6) is 11.5 Å². The summed E-state index contributed by atoms with van der Waals surface area (Å²) in [5.41, 5.74) is 0.672. The van der Waals surface area contributed by atoms with E-state index in [1.165, 1.54) is 13.2 Å². The molecule has 0 saturated carbocycles.